The lowest BCUT2D eigenvalue weighted by Gasteiger charge is -2.29. The fourth-order valence-corrected chi connectivity index (χ4v) is 3.59. The Bertz CT molecular complexity index is 1070. The summed E-state index contributed by atoms with van der Waals surface area (Å²) in [4.78, 5) is 28.9. The number of nitrogens with one attached hydrogen (secondary N) is 2. The van der Waals surface area contributed by atoms with Gasteiger partial charge in [0.15, 0.2) is 11.3 Å². The molecule has 0 aliphatic heterocycles. The molecular weight excluding hydrogens is 374 g/mol. The van der Waals surface area contributed by atoms with Crippen LogP contribution in [0, 0.1) is 0 Å². The number of aromatic nitrogens is 5. The molecule has 0 unspecified atom stereocenters. The number of carbonyl (C=O) groups excluding carboxylic acids is 2. The SMILES string of the molecule is Cn1cc(NC(=O)c2cnn3ccc(N[C@H]4CCCC[C@H]4N)nc23)c(C(N)=O)n1. The molecule has 3 aromatic rings. The minimum Gasteiger partial charge on any atom is -0.366 e. The molecule has 29 heavy (non-hydrogen) atoms. The van der Waals surface area contributed by atoms with Gasteiger partial charge in [0.1, 0.15) is 11.4 Å². The molecule has 0 radical (unpaired) electrons. The van der Waals surface area contributed by atoms with Gasteiger partial charge in [0, 0.05) is 31.5 Å². The smallest absolute Gasteiger partial charge is 0.271 e. The second-order valence-corrected chi connectivity index (χ2v) is 7.22. The van der Waals surface area contributed by atoms with Gasteiger partial charge in [-0.2, -0.15) is 10.2 Å². The van der Waals surface area contributed by atoms with E-state index in [4.69, 9.17) is 11.5 Å². The van der Waals surface area contributed by atoms with Gasteiger partial charge in [0.2, 0.25) is 0 Å². The van der Waals surface area contributed by atoms with Gasteiger partial charge >= 0.3 is 0 Å². The highest BCUT2D eigenvalue weighted by atomic mass is 16.2. The number of hydrogen-bond donors (Lipinski definition) is 4. The molecule has 0 aromatic carbocycles. The summed E-state index contributed by atoms with van der Waals surface area (Å²) in [6.07, 6.45) is 8.89. The van der Waals surface area contributed by atoms with Gasteiger partial charge in [0.05, 0.1) is 11.9 Å². The van der Waals surface area contributed by atoms with E-state index in [2.05, 4.69) is 25.8 Å². The molecule has 11 heteroatoms. The first-order valence-corrected chi connectivity index (χ1v) is 9.43. The molecular formula is C18H23N9O2. The van der Waals surface area contributed by atoms with E-state index in [0.29, 0.717) is 11.5 Å². The molecule has 2 atom stereocenters. The molecule has 1 saturated carbocycles. The molecule has 6 N–H and O–H groups in total. The lowest BCUT2D eigenvalue weighted by Crippen LogP contribution is -2.42. The number of amides is 2. The summed E-state index contributed by atoms with van der Waals surface area (Å²) in [5.41, 5.74) is 12.4. The van der Waals surface area contributed by atoms with Crippen molar-refractivity contribution < 1.29 is 9.59 Å². The third-order valence-electron chi connectivity index (χ3n) is 5.08. The average molecular weight is 397 g/mol. The predicted molar refractivity (Wildman–Crippen MR) is 107 cm³/mol. The first kappa shape index (κ1) is 18.9. The largest absolute Gasteiger partial charge is 0.366 e. The van der Waals surface area contributed by atoms with Crippen molar-refractivity contribution in [1.29, 1.82) is 0 Å². The second-order valence-electron chi connectivity index (χ2n) is 7.22. The highest BCUT2D eigenvalue weighted by Crippen LogP contribution is 2.21. The number of anilines is 2. The second kappa shape index (κ2) is 7.51. The zero-order valence-electron chi connectivity index (χ0n) is 16.0. The molecule has 2 amide bonds. The Labute approximate surface area is 166 Å². The molecule has 152 valence electrons. The normalized spacial score (nSPS) is 19.2. The monoisotopic (exact) mass is 397 g/mol. The maximum Gasteiger partial charge on any atom is 0.271 e. The molecule has 3 aromatic heterocycles. The Morgan fingerprint density at radius 1 is 1.28 bits per heavy atom. The van der Waals surface area contributed by atoms with Gasteiger partial charge < -0.3 is 22.1 Å². The van der Waals surface area contributed by atoms with E-state index in [9.17, 15) is 9.59 Å². The third-order valence-corrected chi connectivity index (χ3v) is 5.08. The van der Waals surface area contributed by atoms with E-state index in [1.807, 2.05) is 0 Å². The summed E-state index contributed by atoms with van der Waals surface area (Å²) >= 11 is 0. The van der Waals surface area contributed by atoms with Crippen LogP contribution in [0.15, 0.2) is 24.7 Å². The fraction of sp³-hybridized carbons (Fsp3) is 0.389. The van der Waals surface area contributed by atoms with Crippen LogP contribution in [0.3, 0.4) is 0 Å². The van der Waals surface area contributed by atoms with Gasteiger partial charge in [-0.1, -0.05) is 12.8 Å². The number of nitrogens with two attached hydrogens (primary N) is 2. The van der Waals surface area contributed by atoms with Crippen molar-refractivity contribution in [3.63, 3.8) is 0 Å². The first-order valence-electron chi connectivity index (χ1n) is 9.43. The number of nitrogens with zero attached hydrogens (tertiary/aromatic N) is 5. The van der Waals surface area contributed by atoms with Crippen molar-refractivity contribution in [2.45, 2.75) is 37.8 Å². The minimum absolute atomic E-state index is 0.0149. The summed E-state index contributed by atoms with van der Waals surface area (Å²) in [7, 11) is 1.63. The van der Waals surface area contributed by atoms with Crippen LogP contribution in [0.5, 0.6) is 0 Å². The zero-order valence-corrected chi connectivity index (χ0v) is 16.0. The Kier molecular flexibility index (Phi) is 4.89. The van der Waals surface area contributed by atoms with E-state index in [1.165, 1.54) is 21.6 Å². The van der Waals surface area contributed by atoms with E-state index in [0.717, 1.165) is 25.7 Å². The Balaban J connectivity index is 1.59. The maximum absolute atomic E-state index is 12.8. The molecule has 4 rings (SSSR count). The number of fused-ring (bicyclic) bond motifs is 1. The van der Waals surface area contributed by atoms with Gasteiger partial charge in [-0.25, -0.2) is 9.50 Å². The summed E-state index contributed by atoms with van der Waals surface area (Å²) in [5.74, 6) is -0.558. The minimum atomic E-state index is -0.728. The van der Waals surface area contributed by atoms with Gasteiger partial charge in [-0.3, -0.25) is 14.3 Å². The van der Waals surface area contributed by atoms with Crippen molar-refractivity contribution in [2.75, 3.05) is 10.6 Å². The number of rotatable bonds is 5. The van der Waals surface area contributed by atoms with Crippen molar-refractivity contribution in [1.82, 2.24) is 24.4 Å². The van der Waals surface area contributed by atoms with Crippen molar-refractivity contribution in [3.05, 3.63) is 35.9 Å². The van der Waals surface area contributed by atoms with Gasteiger partial charge in [-0.15, -0.1) is 0 Å². The molecule has 0 bridgehead atoms. The Hall–Kier alpha value is -3.47. The quantitative estimate of drug-likeness (QED) is 0.488. The maximum atomic E-state index is 12.8. The number of primary amides is 1. The van der Waals surface area contributed by atoms with E-state index in [-0.39, 0.29) is 29.0 Å². The molecule has 3 heterocycles. The Morgan fingerprint density at radius 2 is 2.07 bits per heavy atom. The number of aryl methyl sites for hydroxylation is 1. The van der Waals surface area contributed by atoms with Crippen molar-refractivity contribution in [2.24, 2.45) is 18.5 Å². The summed E-state index contributed by atoms with van der Waals surface area (Å²) in [6.45, 7) is 0. The third kappa shape index (κ3) is 3.76. The van der Waals surface area contributed by atoms with Crippen LogP contribution in [-0.4, -0.2) is 48.3 Å². The average Bonchev–Trinajstić information content (AvgIpc) is 3.26. The number of carbonyl (C=O) groups is 2. The summed E-state index contributed by atoms with van der Waals surface area (Å²) < 4.78 is 2.92. The molecule has 11 nitrogen and oxygen atoms in total. The summed E-state index contributed by atoms with van der Waals surface area (Å²) in [6, 6.07) is 2.02. The van der Waals surface area contributed by atoms with Crippen LogP contribution in [0.2, 0.25) is 0 Å². The molecule has 1 fully saturated rings. The zero-order chi connectivity index (χ0) is 20.5. The van der Waals surface area contributed by atoms with Crippen LogP contribution in [-0.2, 0) is 7.05 Å². The predicted octanol–water partition coefficient (Wildman–Crippen LogP) is 0.496. The summed E-state index contributed by atoms with van der Waals surface area (Å²) in [5, 5.41) is 14.2. The Morgan fingerprint density at radius 3 is 2.83 bits per heavy atom. The molecule has 0 spiro atoms. The standard InChI is InChI=1S/C18H23N9O2/c1-26-9-13(15(25-26)16(20)28)23-18(29)10-8-21-27-7-6-14(24-17(10)27)22-12-5-3-2-4-11(12)19/h6-9,11-12H,2-5,19H2,1H3,(H2,20,28)(H,22,24)(H,23,29)/t11-,12+/m1/s1. The highest BCUT2D eigenvalue weighted by molar-refractivity contribution is 6.10. The van der Waals surface area contributed by atoms with Crippen LogP contribution in [0.25, 0.3) is 5.65 Å². The topological polar surface area (TPSA) is 158 Å². The van der Waals surface area contributed by atoms with E-state index in [1.54, 1.807) is 19.3 Å². The van der Waals surface area contributed by atoms with Gasteiger partial charge in [0.25, 0.3) is 11.8 Å². The molecule has 1 aliphatic rings. The molecule has 1 aliphatic carbocycles. The van der Waals surface area contributed by atoms with Crippen molar-refractivity contribution in [3.8, 4) is 0 Å². The van der Waals surface area contributed by atoms with Crippen molar-refractivity contribution >= 4 is 29.0 Å². The van der Waals surface area contributed by atoms with Crippen LogP contribution < -0.4 is 22.1 Å². The van der Waals surface area contributed by atoms with E-state index < -0.39 is 11.8 Å². The first-order chi connectivity index (χ1) is 13.9. The lowest BCUT2D eigenvalue weighted by molar-refractivity contribution is 0.0995. The highest BCUT2D eigenvalue weighted by Gasteiger charge is 2.23. The number of hydrogen-bond acceptors (Lipinski definition) is 7. The van der Waals surface area contributed by atoms with Crippen LogP contribution in [0.4, 0.5) is 11.5 Å². The van der Waals surface area contributed by atoms with Crippen LogP contribution >= 0.6 is 0 Å². The lowest BCUT2D eigenvalue weighted by atomic mass is 9.91. The fourth-order valence-electron chi connectivity index (χ4n) is 3.59. The van der Waals surface area contributed by atoms with E-state index >= 15 is 0 Å². The van der Waals surface area contributed by atoms with Crippen LogP contribution in [0.1, 0.15) is 46.5 Å². The molecule has 0 saturated heterocycles. The van der Waals surface area contributed by atoms with Gasteiger partial charge in [-0.05, 0) is 18.9 Å².